The van der Waals surface area contributed by atoms with Gasteiger partial charge < -0.3 is 34.3 Å². The van der Waals surface area contributed by atoms with Crippen LogP contribution in [-0.4, -0.2) is 78.4 Å². The SMILES string of the molecule is COc1cc2ccc1Oc1cccc(c1)CO[C@H]1CN(C(=O)c3cc[nH]c3)CC[C@@H]1NC(=O)CN(C)C(=O)CC2. The van der Waals surface area contributed by atoms with Gasteiger partial charge in [-0.1, -0.05) is 18.2 Å². The summed E-state index contributed by atoms with van der Waals surface area (Å²) in [6, 6.07) is 14.6. The molecule has 1 fully saturated rings. The highest BCUT2D eigenvalue weighted by Crippen LogP contribution is 2.33. The molecule has 4 bridgehead atoms. The topological polar surface area (TPSA) is 113 Å². The van der Waals surface area contributed by atoms with E-state index in [2.05, 4.69) is 10.3 Å². The number of piperidine rings is 1. The number of rotatable bonds is 2. The number of carbonyl (C=O) groups excluding carboxylic acids is 3. The highest BCUT2D eigenvalue weighted by molar-refractivity contribution is 5.94. The molecule has 0 aliphatic carbocycles. The average Bonchev–Trinajstić information content (AvgIpc) is 3.50. The minimum Gasteiger partial charge on any atom is -0.493 e. The van der Waals surface area contributed by atoms with Gasteiger partial charge in [-0.15, -0.1) is 0 Å². The van der Waals surface area contributed by atoms with Crippen LogP contribution in [0, 0.1) is 0 Å². The van der Waals surface area contributed by atoms with Crippen LogP contribution in [0.2, 0.25) is 0 Å². The predicted molar refractivity (Wildman–Crippen MR) is 147 cm³/mol. The van der Waals surface area contributed by atoms with E-state index in [0.29, 0.717) is 48.7 Å². The zero-order valence-electron chi connectivity index (χ0n) is 22.7. The van der Waals surface area contributed by atoms with E-state index in [1.807, 2.05) is 42.5 Å². The first kappa shape index (κ1) is 27.3. The molecular formula is C30H34N4O6. The van der Waals surface area contributed by atoms with Crippen molar-refractivity contribution in [3.8, 4) is 17.2 Å². The third-order valence-corrected chi connectivity index (χ3v) is 7.29. The summed E-state index contributed by atoms with van der Waals surface area (Å²) in [5.41, 5.74) is 2.39. The molecule has 1 saturated heterocycles. The third kappa shape index (κ3) is 6.45. The fourth-order valence-corrected chi connectivity index (χ4v) is 5.05. The minimum atomic E-state index is -0.444. The second-order valence-corrected chi connectivity index (χ2v) is 10.1. The lowest BCUT2D eigenvalue weighted by Crippen LogP contribution is -2.57. The molecule has 10 heteroatoms. The highest BCUT2D eigenvalue weighted by atomic mass is 16.5. The van der Waals surface area contributed by atoms with E-state index in [1.54, 1.807) is 37.5 Å². The number of ether oxygens (including phenoxy) is 3. The molecule has 2 N–H and O–H groups in total. The lowest BCUT2D eigenvalue weighted by Gasteiger charge is -2.39. The van der Waals surface area contributed by atoms with Gasteiger partial charge in [0.1, 0.15) is 5.75 Å². The molecule has 210 valence electrons. The smallest absolute Gasteiger partial charge is 0.255 e. The summed E-state index contributed by atoms with van der Waals surface area (Å²) < 4.78 is 18.0. The van der Waals surface area contributed by atoms with Crippen LogP contribution in [0.1, 0.15) is 34.3 Å². The Labute approximate surface area is 233 Å². The molecule has 1 aromatic heterocycles. The summed E-state index contributed by atoms with van der Waals surface area (Å²) in [5, 5.41) is 3.05. The largest absolute Gasteiger partial charge is 0.493 e. The molecule has 0 unspecified atom stereocenters. The van der Waals surface area contributed by atoms with Gasteiger partial charge in [0.2, 0.25) is 11.8 Å². The number of likely N-dealkylation sites (tertiary alicyclic amines) is 1. The number of methoxy groups -OCH3 is 1. The maximum Gasteiger partial charge on any atom is 0.255 e. The molecule has 6 rings (SSSR count). The van der Waals surface area contributed by atoms with Gasteiger partial charge in [-0.2, -0.15) is 0 Å². The summed E-state index contributed by atoms with van der Waals surface area (Å²) in [7, 11) is 3.20. The summed E-state index contributed by atoms with van der Waals surface area (Å²) in [4.78, 5) is 44.9. The summed E-state index contributed by atoms with van der Waals surface area (Å²) in [5.74, 6) is 1.26. The van der Waals surface area contributed by atoms with Crippen molar-refractivity contribution in [3.63, 3.8) is 0 Å². The number of fused-ring (bicyclic) bond motifs is 9. The van der Waals surface area contributed by atoms with E-state index < -0.39 is 6.10 Å². The van der Waals surface area contributed by atoms with Crippen LogP contribution >= 0.6 is 0 Å². The van der Waals surface area contributed by atoms with Crippen molar-refractivity contribution in [2.45, 2.75) is 38.0 Å². The molecular weight excluding hydrogens is 512 g/mol. The van der Waals surface area contributed by atoms with Crippen molar-refractivity contribution >= 4 is 17.7 Å². The number of benzene rings is 2. The molecule has 2 atom stereocenters. The van der Waals surface area contributed by atoms with Crippen LogP contribution in [0.5, 0.6) is 17.2 Å². The van der Waals surface area contributed by atoms with E-state index >= 15 is 0 Å². The Morgan fingerprint density at radius 2 is 1.95 bits per heavy atom. The van der Waals surface area contributed by atoms with Crippen LogP contribution < -0.4 is 14.8 Å². The second-order valence-electron chi connectivity index (χ2n) is 10.1. The summed E-state index contributed by atoms with van der Waals surface area (Å²) in [6.45, 7) is 0.996. The molecule has 3 amide bonds. The van der Waals surface area contributed by atoms with Crippen molar-refractivity contribution in [1.82, 2.24) is 20.1 Å². The zero-order valence-corrected chi connectivity index (χ0v) is 22.7. The number of nitrogens with one attached hydrogen (secondary N) is 2. The quantitative estimate of drug-likeness (QED) is 0.511. The Morgan fingerprint density at radius 3 is 2.75 bits per heavy atom. The fraction of sp³-hybridized carbons (Fsp3) is 0.367. The number of carbonyl (C=O) groups is 3. The predicted octanol–water partition coefficient (Wildman–Crippen LogP) is 3.14. The Kier molecular flexibility index (Phi) is 8.35. The fourth-order valence-electron chi connectivity index (χ4n) is 5.05. The lowest BCUT2D eigenvalue weighted by molar-refractivity contribution is -0.135. The molecule has 3 aliphatic rings. The Morgan fingerprint density at radius 1 is 1.07 bits per heavy atom. The van der Waals surface area contributed by atoms with Gasteiger partial charge in [-0.3, -0.25) is 14.4 Å². The van der Waals surface area contributed by atoms with E-state index in [9.17, 15) is 14.4 Å². The van der Waals surface area contributed by atoms with Gasteiger partial charge in [-0.05, 0) is 54.3 Å². The second kappa shape index (κ2) is 12.3. The Balaban J connectivity index is 1.40. The van der Waals surface area contributed by atoms with Crippen LogP contribution in [0.4, 0.5) is 0 Å². The first-order valence-electron chi connectivity index (χ1n) is 13.4. The van der Waals surface area contributed by atoms with Crippen molar-refractivity contribution < 1.29 is 28.6 Å². The first-order valence-corrected chi connectivity index (χ1v) is 13.4. The van der Waals surface area contributed by atoms with Crippen molar-refractivity contribution in [1.29, 1.82) is 0 Å². The number of nitrogens with zero attached hydrogens (tertiary/aromatic N) is 2. The van der Waals surface area contributed by atoms with Crippen LogP contribution in [-0.2, 0) is 27.4 Å². The normalized spacial score (nSPS) is 20.4. The molecule has 4 heterocycles. The molecule has 2 aromatic carbocycles. The number of aromatic nitrogens is 1. The Hall–Kier alpha value is -4.31. The summed E-state index contributed by atoms with van der Waals surface area (Å²) in [6.07, 6.45) is 4.22. The minimum absolute atomic E-state index is 0.0633. The van der Waals surface area contributed by atoms with Crippen LogP contribution in [0.3, 0.4) is 0 Å². The van der Waals surface area contributed by atoms with Crippen molar-refractivity contribution in [2.24, 2.45) is 0 Å². The molecule has 40 heavy (non-hydrogen) atoms. The molecule has 3 aromatic rings. The van der Waals surface area contributed by atoms with Gasteiger partial charge >= 0.3 is 0 Å². The number of hydrogen-bond acceptors (Lipinski definition) is 6. The molecule has 0 radical (unpaired) electrons. The highest BCUT2D eigenvalue weighted by Gasteiger charge is 2.34. The number of aryl methyl sites for hydroxylation is 1. The monoisotopic (exact) mass is 546 g/mol. The maximum absolute atomic E-state index is 13.0. The van der Waals surface area contributed by atoms with E-state index in [-0.39, 0.29) is 43.3 Å². The maximum atomic E-state index is 13.0. The Bertz CT molecular complexity index is 1360. The van der Waals surface area contributed by atoms with Crippen molar-refractivity contribution in [2.75, 3.05) is 33.8 Å². The van der Waals surface area contributed by atoms with E-state index in [0.717, 1.165) is 11.1 Å². The van der Waals surface area contributed by atoms with Gasteiger partial charge in [0.05, 0.1) is 38.0 Å². The molecule has 10 nitrogen and oxygen atoms in total. The van der Waals surface area contributed by atoms with Crippen LogP contribution in [0.15, 0.2) is 60.9 Å². The number of amides is 3. The van der Waals surface area contributed by atoms with Gasteiger partial charge in [0, 0.05) is 39.0 Å². The summed E-state index contributed by atoms with van der Waals surface area (Å²) >= 11 is 0. The molecule has 0 spiro atoms. The average molecular weight is 547 g/mol. The van der Waals surface area contributed by atoms with Crippen LogP contribution in [0.25, 0.3) is 0 Å². The van der Waals surface area contributed by atoms with E-state index in [1.165, 1.54) is 4.90 Å². The number of hydrogen-bond donors (Lipinski definition) is 2. The van der Waals surface area contributed by atoms with E-state index in [4.69, 9.17) is 14.2 Å². The number of likely N-dealkylation sites (N-methyl/N-ethyl adjacent to an activating group) is 1. The lowest BCUT2D eigenvalue weighted by atomic mass is 10.0. The van der Waals surface area contributed by atoms with Gasteiger partial charge in [0.15, 0.2) is 11.5 Å². The zero-order chi connectivity index (χ0) is 28.1. The molecule has 0 saturated carbocycles. The standard InChI is InChI=1S/C30H34N4O6/c1-33-18-28(35)32-24-11-13-34(30(37)22-10-12-31-16-22)17-27(24)39-19-21-4-3-5-23(14-21)40-25-8-6-20(7-9-29(33)36)15-26(25)38-2/h3-6,8,10,12,14-16,24,27,31H,7,9,11,13,17-19H2,1-2H3,(H,32,35)/t24-,27-/m0/s1. The van der Waals surface area contributed by atoms with Gasteiger partial charge in [0.25, 0.3) is 5.91 Å². The van der Waals surface area contributed by atoms with Gasteiger partial charge in [-0.25, -0.2) is 0 Å². The molecule has 3 aliphatic heterocycles. The van der Waals surface area contributed by atoms with Crippen molar-refractivity contribution in [3.05, 3.63) is 77.6 Å². The first-order chi connectivity index (χ1) is 19.4. The third-order valence-electron chi connectivity index (χ3n) is 7.29. The number of aromatic amines is 1. The number of H-pyrrole nitrogens is 1.